The Bertz CT molecular complexity index is 1130. The highest BCUT2D eigenvalue weighted by molar-refractivity contribution is 6.11. The van der Waals surface area contributed by atoms with Gasteiger partial charge in [0, 0.05) is 26.7 Å². The molecule has 2 aliphatic rings. The molecule has 1 saturated carbocycles. The number of carbonyl (C=O) groups excluding carboxylic acids is 2. The van der Waals surface area contributed by atoms with Crippen LogP contribution in [0.4, 0.5) is 11.6 Å². The largest absolute Gasteiger partial charge is 0.378 e. The van der Waals surface area contributed by atoms with Crippen molar-refractivity contribution in [3.63, 3.8) is 0 Å². The summed E-state index contributed by atoms with van der Waals surface area (Å²) in [6.45, 7) is 3.42. The number of amides is 2. The fraction of sp³-hybridized carbons (Fsp3) is 0.450. The Morgan fingerprint density at radius 2 is 2.00 bits per heavy atom. The molecule has 0 unspecified atom stereocenters. The topological polar surface area (TPSA) is 119 Å². The molecule has 1 saturated heterocycles. The summed E-state index contributed by atoms with van der Waals surface area (Å²) in [4.78, 5) is 32.1. The van der Waals surface area contributed by atoms with Gasteiger partial charge in [-0.15, -0.1) is 5.10 Å². The van der Waals surface area contributed by atoms with E-state index in [-0.39, 0.29) is 17.2 Å². The zero-order valence-corrected chi connectivity index (χ0v) is 17.2. The third-order valence-corrected chi connectivity index (χ3v) is 5.52. The maximum atomic E-state index is 12.9. The fourth-order valence-corrected chi connectivity index (χ4v) is 3.56. The van der Waals surface area contributed by atoms with Gasteiger partial charge in [0.2, 0.25) is 5.95 Å². The van der Waals surface area contributed by atoms with E-state index < -0.39 is 5.91 Å². The van der Waals surface area contributed by atoms with Gasteiger partial charge in [0.25, 0.3) is 11.8 Å². The predicted octanol–water partition coefficient (Wildman–Crippen LogP) is 0.691. The Labute approximate surface area is 178 Å². The average Bonchev–Trinajstić information content (AvgIpc) is 3.38. The first-order valence-electron chi connectivity index (χ1n) is 10.4. The number of anilines is 2. The molecule has 11 heteroatoms. The second-order valence-electron chi connectivity index (χ2n) is 7.87. The lowest BCUT2D eigenvalue weighted by Gasteiger charge is -2.25. The Hall–Kier alpha value is -3.47. The summed E-state index contributed by atoms with van der Waals surface area (Å²) < 4.78 is 8.41. The molecular formula is C20H24N8O3. The molecule has 11 nitrogen and oxygen atoms in total. The van der Waals surface area contributed by atoms with Crippen molar-refractivity contribution in [2.45, 2.75) is 12.8 Å². The van der Waals surface area contributed by atoms with Crippen LogP contribution in [0, 0.1) is 5.92 Å². The zero-order valence-electron chi connectivity index (χ0n) is 17.2. The van der Waals surface area contributed by atoms with Crippen molar-refractivity contribution < 1.29 is 14.3 Å². The number of carbonyl (C=O) groups is 2. The van der Waals surface area contributed by atoms with Gasteiger partial charge in [0.05, 0.1) is 36.9 Å². The first-order valence-corrected chi connectivity index (χ1v) is 10.4. The Morgan fingerprint density at radius 1 is 1.19 bits per heavy atom. The third-order valence-electron chi connectivity index (χ3n) is 5.52. The van der Waals surface area contributed by atoms with Gasteiger partial charge in [-0.3, -0.25) is 14.3 Å². The van der Waals surface area contributed by atoms with E-state index in [0.29, 0.717) is 43.0 Å². The average molecular weight is 424 g/mol. The molecule has 4 heterocycles. The molecule has 162 valence electrons. The van der Waals surface area contributed by atoms with Crippen molar-refractivity contribution in [1.29, 1.82) is 0 Å². The number of aromatic nitrogens is 5. The number of hydrogen-bond acceptors (Lipinski definition) is 7. The first-order chi connectivity index (χ1) is 15.1. The lowest BCUT2D eigenvalue weighted by Crippen LogP contribution is -2.36. The second kappa shape index (κ2) is 7.99. The van der Waals surface area contributed by atoms with Crippen LogP contribution in [0.3, 0.4) is 0 Å². The molecule has 2 N–H and O–H groups in total. The van der Waals surface area contributed by atoms with E-state index in [2.05, 4.69) is 30.7 Å². The number of nitrogens with one attached hydrogen (secondary N) is 2. The Balaban J connectivity index is 1.33. The van der Waals surface area contributed by atoms with Crippen LogP contribution in [-0.2, 0) is 11.8 Å². The summed E-state index contributed by atoms with van der Waals surface area (Å²) in [5.74, 6) is 0.485. The second-order valence-corrected chi connectivity index (χ2v) is 7.87. The summed E-state index contributed by atoms with van der Waals surface area (Å²) in [5.41, 5.74) is 1.69. The van der Waals surface area contributed by atoms with Gasteiger partial charge in [0.1, 0.15) is 5.69 Å². The van der Waals surface area contributed by atoms with Crippen LogP contribution in [0.2, 0.25) is 0 Å². The van der Waals surface area contributed by atoms with Crippen molar-refractivity contribution in [3.8, 4) is 0 Å². The van der Waals surface area contributed by atoms with E-state index in [9.17, 15) is 9.59 Å². The standard InChI is InChI=1S/C20H24N8O3/c1-26-17(15(11-22-26)18(29)21-10-13-2-3-13)19(30)23-14-4-5-16-24-20(25-28(16)12-14)27-6-8-31-9-7-27/h4-5,11-13H,2-3,6-10H2,1H3,(H,21,29)(H,23,30). The number of rotatable bonds is 6. The normalized spacial score (nSPS) is 16.5. The summed E-state index contributed by atoms with van der Waals surface area (Å²) in [6.07, 6.45) is 5.40. The zero-order chi connectivity index (χ0) is 21.4. The van der Waals surface area contributed by atoms with E-state index >= 15 is 0 Å². The quantitative estimate of drug-likeness (QED) is 0.598. The van der Waals surface area contributed by atoms with Crippen molar-refractivity contribution in [2.75, 3.05) is 43.1 Å². The Morgan fingerprint density at radius 3 is 2.77 bits per heavy atom. The lowest BCUT2D eigenvalue weighted by atomic mass is 10.2. The molecule has 3 aromatic heterocycles. The highest BCUT2D eigenvalue weighted by Gasteiger charge is 2.26. The Kier molecular flexibility index (Phi) is 5.02. The van der Waals surface area contributed by atoms with E-state index in [0.717, 1.165) is 25.9 Å². The van der Waals surface area contributed by atoms with Gasteiger partial charge in [-0.2, -0.15) is 10.1 Å². The first kappa shape index (κ1) is 19.5. The predicted molar refractivity (Wildman–Crippen MR) is 112 cm³/mol. The van der Waals surface area contributed by atoms with Crippen molar-refractivity contribution in [3.05, 3.63) is 35.8 Å². The van der Waals surface area contributed by atoms with Crippen LogP contribution in [0.5, 0.6) is 0 Å². The van der Waals surface area contributed by atoms with Crippen LogP contribution in [0.25, 0.3) is 5.65 Å². The molecule has 1 aliphatic heterocycles. The molecule has 0 spiro atoms. The van der Waals surface area contributed by atoms with Crippen LogP contribution < -0.4 is 15.5 Å². The number of ether oxygens (including phenoxy) is 1. The van der Waals surface area contributed by atoms with Gasteiger partial charge in [0.15, 0.2) is 5.65 Å². The van der Waals surface area contributed by atoms with Gasteiger partial charge in [-0.05, 0) is 30.9 Å². The molecule has 3 aromatic rings. The number of aryl methyl sites for hydroxylation is 1. The molecule has 2 amide bonds. The molecule has 5 rings (SSSR count). The van der Waals surface area contributed by atoms with E-state index in [1.165, 1.54) is 10.9 Å². The van der Waals surface area contributed by atoms with E-state index in [1.807, 2.05) is 0 Å². The fourth-order valence-electron chi connectivity index (χ4n) is 3.56. The lowest BCUT2D eigenvalue weighted by molar-refractivity contribution is 0.0937. The van der Waals surface area contributed by atoms with Crippen LogP contribution in [0.1, 0.15) is 33.7 Å². The summed E-state index contributed by atoms with van der Waals surface area (Å²) in [7, 11) is 1.64. The van der Waals surface area contributed by atoms with Gasteiger partial charge < -0.3 is 20.3 Å². The van der Waals surface area contributed by atoms with Gasteiger partial charge in [-0.25, -0.2) is 4.52 Å². The maximum absolute atomic E-state index is 12.9. The number of morpholine rings is 1. The van der Waals surface area contributed by atoms with Crippen LogP contribution >= 0.6 is 0 Å². The molecule has 0 radical (unpaired) electrons. The highest BCUT2D eigenvalue weighted by Crippen LogP contribution is 2.27. The van der Waals surface area contributed by atoms with Crippen molar-refractivity contribution >= 4 is 29.1 Å². The smallest absolute Gasteiger partial charge is 0.274 e. The molecule has 0 atom stereocenters. The number of nitrogens with zero attached hydrogens (tertiary/aromatic N) is 6. The maximum Gasteiger partial charge on any atom is 0.274 e. The minimum absolute atomic E-state index is 0.209. The summed E-state index contributed by atoms with van der Waals surface area (Å²) >= 11 is 0. The van der Waals surface area contributed by atoms with Crippen LogP contribution in [0.15, 0.2) is 24.5 Å². The third kappa shape index (κ3) is 4.08. The molecular weight excluding hydrogens is 400 g/mol. The van der Waals surface area contributed by atoms with E-state index in [1.54, 1.807) is 29.9 Å². The number of hydrogen-bond donors (Lipinski definition) is 2. The number of fused-ring (bicyclic) bond motifs is 1. The highest BCUT2D eigenvalue weighted by atomic mass is 16.5. The summed E-state index contributed by atoms with van der Waals surface area (Å²) in [6, 6.07) is 3.55. The van der Waals surface area contributed by atoms with Crippen molar-refractivity contribution in [1.82, 2.24) is 29.7 Å². The van der Waals surface area contributed by atoms with Crippen LogP contribution in [-0.4, -0.2) is 69.0 Å². The number of pyridine rings is 1. The summed E-state index contributed by atoms with van der Waals surface area (Å²) in [5, 5.41) is 14.3. The monoisotopic (exact) mass is 424 g/mol. The molecule has 0 aromatic carbocycles. The molecule has 0 bridgehead atoms. The van der Waals surface area contributed by atoms with Gasteiger partial charge in [-0.1, -0.05) is 0 Å². The van der Waals surface area contributed by atoms with Gasteiger partial charge >= 0.3 is 0 Å². The minimum Gasteiger partial charge on any atom is -0.378 e. The molecule has 1 aliphatic carbocycles. The molecule has 2 fully saturated rings. The molecule has 31 heavy (non-hydrogen) atoms. The minimum atomic E-state index is -0.413. The van der Waals surface area contributed by atoms with Crippen molar-refractivity contribution in [2.24, 2.45) is 13.0 Å². The van der Waals surface area contributed by atoms with E-state index in [4.69, 9.17) is 4.74 Å². The SMILES string of the molecule is Cn1ncc(C(=O)NCC2CC2)c1C(=O)Nc1ccc2nc(N3CCOCC3)nn2c1.